The lowest BCUT2D eigenvalue weighted by molar-refractivity contribution is 0.0516. The number of hydrogen-bond acceptors (Lipinski definition) is 4. The van der Waals surface area contributed by atoms with E-state index in [-0.39, 0.29) is 5.75 Å². The number of oxime groups is 1. The molecule has 0 amide bonds. The fraction of sp³-hybridized carbons (Fsp3) is 0.0667. The first-order chi connectivity index (χ1) is 9.58. The summed E-state index contributed by atoms with van der Waals surface area (Å²) in [5.74, 6) is -0.507. The molecule has 102 valence electrons. The Kier molecular flexibility index (Phi) is 4.38. The number of nitrogens with zero attached hydrogens (tertiary/aromatic N) is 1. The van der Waals surface area contributed by atoms with Crippen LogP contribution in [-0.4, -0.2) is 16.8 Å². The van der Waals surface area contributed by atoms with E-state index in [4.69, 9.17) is 16.4 Å². The quantitative estimate of drug-likeness (QED) is 0.533. The van der Waals surface area contributed by atoms with Gasteiger partial charge in [-0.3, -0.25) is 0 Å². The molecule has 5 heteroatoms. The fourth-order valence-electron chi connectivity index (χ4n) is 1.58. The molecule has 0 fully saturated rings. The van der Waals surface area contributed by atoms with Crippen LogP contribution < -0.4 is 0 Å². The van der Waals surface area contributed by atoms with E-state index in [0.717, 1.165) is 0 Å². The molecular weight excluding hydrogens is 278 g/mol. The number of halogens is 1. The van der Waals surface area contributed by atoms with Crippen molar-refractivity contribution in [2.45, 2.75) is 6.92 Å². The topological polar surface area (TPSA) is 58.9 Å². The van der Waals surface area contributed by atoms with Crippen LogP contribution in [0, 0.1) is 0 Å². The highest BCUT2D eigenvalue weighted by Gasteiger charge is 2.08. The van der Waals surface area contributed by atoms with Gasteiger partial charge in [-0.05, 0) is 43.3 Å². The fourth-order valence-corrected chi connectivity index (χ4v) is 1.70. The van der Waals surface area contributed by atoms with Crippen LogP contribution >= 0.6 is 11.6 Å². The molecule has 0 heterocycles. The van der Waals surface area contributed by atoms with Gasteiger partial charge in [0.2, 0.25) is 0 Å². The van der Waals surface area contributed by atoms with Crippen molar-refractivity contribution in [1.82, 2.24) is 0 Å². The molecule has 0 aromatic heterocycles. The summed E-state index contributed by atoms with van der Waals surface area (Å²) < 4.78 is 0. The SMILES string of the molecule is C/C(=N/OC(=O)c1ccc(Cl)cc1)c1ccccc1O. The summed E-state index contributed by atoms with van der Waals surface area (Å²) in [4.78, 5) is 16.6. The molecule has 0 radical (unpaired) electrons. The van der Waals surface area contributed by atoms with E-state index in [1.54, 1.807) is 49.4 Å². The van der Waals surface area contributed by atoms with Gasteiger partial charge >= 0.3 is 5.97 Å². The largest absolute Gasteiger partial charge is 0.507 e. The molecule has 0 aliphatic heterocycles. The minimum absolute atomic E-state index is 0.0799. The zero-order valence-electron chi connectivity index (χ0n) is 10.7. The second-order valence-corrected chi connectivity index (χ2v) is 4.52. The molecule has 0 saturated carbocycles. The summed E-state index contributed by atoms with van der Waals surface area (Å²) in [5.41, 5.74) is 1.27. The second-order valence-electron chi connectivity index (χ2n) is 4.08. The highest BCUT2D eigenvalue weighted by atomic mass is 35.5. The molecule has 0 aliphatic rings. The van der Waals surface area contributed by atoms with Crippen LogP contribution in [0.2, 0.25) is 5.02 Å². The molecule has 0 atom stereocenters. The highest BCUT2D eigenvalue weighted by molar-refractivity contribution is 6.30. The molecule has 2 rings (SSSR count). The third-order valence-electron chi connectivity index (χ3n) is 2.64. The number of benzene rings is 2. The van der Waals surface area contributed by atoms with Crippen molar-refractivity contribution in [1.29, 1.82) is 0 Å². The Morgan fingerprint density at radius 1 is 1.15 bits per heavy atom. The van der Waals surface area contributed by atoms with Gasteiger partial charge in [0.25, 0.3) is 0 Å². The average Bonchev–Trinajstić information content (AvgIpc) is 2.45. The summed E-state index contributed by atoms with van der Waals surface area (Å²) in [5, 5.41) is 13.9. The second kappa shape index (κ2) is 6.21. The van der Waals surface area contributed by atoms with Crippen LogP contribution in [0.5, 0.6) is 5.75 Å². The molecular formula is C15H12ClNO3. The standard InChI is InChI=1S/C15H12ClNO3/c1-10(13-4-2-3-5-14(13)18)17-20-15(19)11-6-8-12(16)9-7-11/h2-9,18H,1H3/b17-10-. The van der Waals surface area contributed by atoms with Crippen molar-refractivity contribution in [3.05, 3.63) is 64.7 Å². The lowest BCUT2D eigenvalue weighted by Crippen LogP contribution is -2.04. The van der Waals surface area contributed by atoms with Gasteiger partial charge in [0, 0.05) is 10.6 Å². The minimum atomic E-state index is -0.587. The van der Waals surface area contributed by atoms with E-state index in [1.807, 2.05) is 0 Å². The number of aromatic hydroxyl groups is 1. The van der Waals surface area contributed by atoms with Gasteiger partial charge in [-0.15, -0.1) is 0 Å². The van der Waals surface area contributed by atoms with Crippen molar-refractivity contribution < 1.29 is 14.7 Å². The first-order valence-electron chi connectivity index (χ1n) is 5.88. The monoisotopic (exact) mass is 289 g/mol. The summed E-state index contributed by atoms with van der Waals surface area (Å²) in [6.07, 6.45) is 0. The number of rotatable bonds is 3. The van der Waals surface area contributed by atoms with E-state index in [0.29, 0.717) is 21.9 Å². The Bertz CT molecular complexity index is 650. The summed E-state index contributed by atoms with van der Waals surface area (Å²) >= 11 is 5.73. The lowest BCUT2D eigenvalue weighted by atomic mass is 10.1. The number of carbonyl (C=O) groups excluding carboxylic acids is 1. The van der Waals surface area contributed by atoms with E-state index < -0.39 is 5.97 Å². The van der Waals surface area contributed by atoms with E-state index in [2.05, 4.69) is 5.16 Å². The maximum Gasteiger partial charge on any atom is 0.365 e. The zero-order chi connectivity index (χ0) is 14.5. The number of hydrogen-bond donors (Lipinski definition) is 1. The van der Waals surface area contributed by atoms with E-state index in [9.17, 15) is 9.90 Å². The van der Waals surface area contributed by atoms with Gasteiger partial charge < -0.3 is 9.94 Å². The van der Waals surface area contributed by atoms with Crippen molar-refractivity contribution in [2.75, 3.05) is 0 Å². The van der Waals surface area contributed by atoms with Crippen LogP contribution in [0.1, 0.15) is 22.8 Å². The predicted molar refractivity (Wildman–Crippen MR) is 77.2 cm³/mol. The third kappa shape index (κ3) is 3.36. The molecule has 1 N–H and O–H groups in total. The maximum absolute atomic E-state index is 11.7. The third-order valence-corrected chi connectivity index (χ3v) is 2.89. The van der Waals surface area contributed by atoms with Gasteiger partial charge in [0.15, 0.2) is 0 Å². The Morgan fingerprint density at radius 3 is 2.45 bits per heavy atom. The molecule has 2 aromatic rings. The number of para-hydroxylation sites is 1. The van der Waals surface area contributed by atoms with Crippen molar-refractivity contribution in [3.8, 4) is 5.75 Å². The molecule has 4 nitrogen and oxygen atoms in total. The lowest BCUT2D eigenvalue weighted by Gasteiger charge is -2.03. The number of phenolic OH excluding ortho intramolecular Hbond substituents is 1. The summed E-state index contributed by atoms with van der Waals surface area (Å²) in [6.45, 7) is 1.64. The van der Waals surface area contributed by atoms with Crippen LogP contribution in [0.25, 0.3) is 0 Å². The molecule has 2 aromatic carbocycles. The van der Waals surface area contributed by atoms with Crippen LogP contribution in [-0.2, 0) is 4.84 Å². The van der Waals surface area contributed by atoms with Crippen molar-refractivity contribution >= 4 is 23.3 Å². The maximum atomic E-state index is 11.7. The van der Waals surface area contributed by atoms with Gasteiger partial charge in [0.1, 0.15) is 5.75 Å². The zero-order valence-corrected chi connectivity index (χ0v) is 11.5. The van der Waals surface area contributed by atoms with Crippen LogP contribution in [0.3, 0.4) is 0 Å². The van der Waals surface area contributed by atoms with Gasteiger partial charge in [-0.2, -0.15) is 0 Å². The summed E-state index contributed by atoms with van der Waals surface area (Å²) in [7, 11) is 0. The molecule has 0 saturated heterocycles. The average molecular weight is 290 g/mol. The number of phenols is 1. The highest BCUT2D eigenvalue weighted by Crippen LogP contribution is 2.17. The van der Waals surface area contributed by atoms with Gasteiger partial charge in [-0.1, -0.05) is 28.9 Å². The predicted octanol–water partition coefficient (Wildman–Crippen LogP) is 3.63. The normalized spacial score (nSPS) is 11.2. The Hall–Kier alpha value is -2.33. The summed E-state index contributed by atoms with van der Waals surface area (Å²) in [6, 6.07) is 13.0. The first kappa shape index (κ1) is 14.1. The molecule has 20 heavy (non-hydrogen) atoms. The minimum Gasteiger partial charge on any atom is -0.507 e. The van der Waals surface area contributed by atoms with Crippen LogP contribution in [0.15, 0.2) is 53.7 Å². The molecule has 0 spiro atoms. The smallest absolute Gasteiger partial charge is 0.365 e. The molecule has 0 bridgehead atoms. The molecule has 0 aliphatic carbocycles. The Balaban J connectivity index is 2.11. The van der Waals surface area contributed by atoms with Crippen LogP contribution in [0.4, 0.5) is 0 Å². The van der Waals surface area contributed by atoms with Gasteiger partial charge in [-0.25, -0.2) is 4.79 Å². The van der Waals surface area contributed by atoms with Gasteiger partial charge in [0.05, 0.1) is 11.3 Å². The number of carbonyl (C=O) groups is 1. The van der Waals surface area contributed by atoms with Crippen molar-refractivity contribution in [3.63, 3.8) is 0 Å². The van der Waals surface area contributed by atoms with E-state index in [1.165, 1.54) is 6.07 Å². The Labute approximate surface area is 121 Å². The molecule has 0 unspecified atom stereocenters. The van der Waals surface area contributed by atoms with Crippen molar-refractivity contribution in [2.24, 2.45) is 5.16 Å². The van der Waals surface area contributed by atoms with E-state index >= 15 is 0 Å². The first-order valence-corrected chi connectivity index (χ1v) is 6.25. The Morgan fingerprint density at radius 2 is 1.80 bits per heavy atom.